The molecule has 7 nitrogen and oxygen atoms in total. The van der Waals surface area contributed by atoms with Crippen molar-refractivity contribution in [2.24, 2.45) is 0 Å². The van der Waals surface area contributed by atoms with Crippen molar-refractivity contribution < 1.29 is 23.8 Å². The SMILES string of the molecule is COC(=O)c1c(C)[nH]c(C(=O)NCC(O)c2ccco2)c1C. The standard InChI is InChI=1S/C15H18N2O5/c1-8-12(15(20)21-3)9(2)17-13(8)14(19)16-7-10(18)11-5-4-6-22-11/h4-6,10,17-18H,7H2,1-3H3,(H,16,19). The lowest BCUT2D eigenvalue weighted by Gasteiger charge is -2.09. The summed E-state index contributed by atoms with van der Waals surface area (Å²) in [5, 5.41) is 12.5. The summed E-state index contributed by atoms with van der Waals surface area (Å²) in [6.07, 6.45) is 0.511. The fourth-order valence-corrected chi connectivity index (χ4v) is 2.24. The van der Waals surface area contributed by atoms with E-state index >= 15 is 0 Å². The zero-order valence-electron chi connectivity index (χ0n) is 12.6. The van der Waals surface area contributed by atoms with Crippen molar-refractivity contribution in [3.8, 4) is 0 Å². The number of carbonyl (C=O) groups excluding carboxylic acids is 2. The zero-order chi connectivity index (χ0) is 16.3. The maximum atomic E-state index is 12.2. The number of hydrogen-bond acceptors (Lipinski definition) is 5. The number of H-pyrrole nitrogens is 1. The molecule has 22 heavy (non-hydrogen) atoms. The third-order valence-corrected chi connectivity index (χ3v) is 3.38. The first-order valence-corrected chi connectivity index (χ1v) is 6.72. The van der Waals surface area contributed by atoms with Crippen molar-refractivity contribution in [2.75, 3.05) is 13.7 Å². The highest BCUT2D eigenvalue weighted by atomic mass is 16.5. The molecule has 0 saturated heterocycles. The van der Waals surface area contributed by atoms with Gasteiger partial charge >= 0.3 is 5.97 Å². The molecule has 1 unspecified atom stereocenters. The Morgan fingerprint density at radius 2 is 2.18 bits per heavy atom. The van der Waals surface area contributed by atoms with Gasteiger partial charge in [0.1, 0.15) is 17.6 Å². The second kappa shape index (κ2) is 6.48. The summed E-state index contributed by atoms with van der Waals surface area (Å²) in [6.45, 7) is 3.35. The third-order valence-electron chi connectivity index (χ3n) is 3.38. The topological polar surface area (TPSA) is 105 Å². The molecule has 0 radical (unpaired) electrons. The minimum Gasteiger partial charge on any atom is -0.467 e. The van der Waals surface area contributed by atoms with Crippen LogP contribution in [0.5, 0.6) is 0 Å². The van der Waals surface area contributed by atoms with E-state index in [0.29, 0.717) is 22.6 Å². The van der Waals surface area contributed by atoms with Crippen LogP contribution in [0.3, 0.4) is 0 Å². The van der Waals surface area contributed by atoms with Crippen LogP contribution in [-0.4, -0.2) is 35.6 Å². The van der Waals surface area contributed by atoms with Crippen LogP contribution >= 0.6 is 0 Å². The zero-order valence-corrected chi connectivity index (χ0v) is 12.6. The quantitative estimate of drug-likeness (QED) is 0.726. The molecule has 7 heteroatoms. The van der Waals surface area contributed by atoms with Crippen molar-refractivity contribution in [1.29, 1.82) is 0 Å². The van der Waals surface area contributed by atoms with Crippen LogP contribution in [0.1, 0.15) is 44.0 Å². The van der Waals surface area contributed by atoms with Crippen molar-refractivity contribution in [1.82, 2.24) is 10.3 Å². The van der Waals surface area contributed by atoms with E-state index in [1.807, 2.05) is 0 Å². The van der Waals surface area contributed by atoms with Crippen molar-refractivity contribution in [3.05, 3.63) is 46.7 Å². The number of aromatic amines is 1. The predicted octanol–water partition coefficient (Wildman–Crippen LogP) is 1.47. The molecule has 0 aliphatic carbocycles. The Bertz CT molecular complexity index is 672. The molecule has 0 spiro atoms. The van der Waals surface area contributed by atoms with Gasteiger partial charge in [0, 0.05) is 5.69 Å². The summed E-state index contributed by atoms with van der Waals surface area (Å²) in [5.41, 5.74) is 1.68. The van der Waals surface area contributed by atoms with Crippen molar-refractivity contribution in [2.45, 2.75) is 20.0 Å². The van der Waals surface area contributed by atoms with E-state index in [0.717, 1.165) is 0 Å². The molecular formula is C15H18N2O5. The second-order valence-electron chi connectivity index (χ2n) is 4.86. The summed E-state index contributed by atoms with van der Waals surface area (Å²) in [5.74, 6) is -0.544. The average Bonchev–Trinajstić information content (AvgIpc) is 3.12. The van der Waals surface area contributed by atoms with Crippen LogP contribution in [0.15, 0.2) is 22.8 Å². The smallest absolute Gasteiger partial charge is 0.339 e. The normalized spacial score (nSPS) is 12.0. The van der Waals surface area contributed by atoms with Crippen molar-refractivity contribution >= 4 is 11.9 Å². The molecule has 2 rings (SSSR count). The predicted molar refractivity (Wildman–Crippen MR) is 77.6 cm³/mol. The molecule has 0 aliphatic rings. The number of aliphatic hydroxyl groups excluding tert-OH is 1. The minimum atomic E-state index is -0.935. The van der Waals surface area contributed by atoms with E-state index in [1.165, 1.54) is 13.4 Å². The number of hydrogen-bond donors (Lipinski definition) is 3. The third kappa shape index (κ3) is 3.04. The number of rotatable bonds is 5. The van der Waals surface area contributed by atoms with Crippen LogP contribution < -0.4 is 5.32 Å². The van der Waals surface area contributed by atoms with Crippen LogP contribution in [-0.2, 0) is 4.74 Å². The fourth-order valence-electron chi connectivity index (χ4n) is 2.24. The average molecular weight is 306 g/mol. The second-order valence-corrected chi connectivity index (χ2v) is 4.86. The van der Waals surface area contributed by atoms with Gasteiger partial charge in [-0.3, -0.25) is 4.79 Å². The Hall–Kier alpha value is -2.54. The number of aryl methyl sites for hydroxylation is 1. The Balaban J connectivity index is 2.09. The number of methoxy groups -OCH3 is 1. The Morgan fingerprint density at radius 3 is 2.77 bits per heavy atom. The molecule has 0 fully saturated rings. The molecule has 2 heterocycles. The summed E-state index contributed by atoms with van der Waals surface area (Å²) >= 11 is 0. The van der Waals surface area contributed by atoms with Gasteiger partial charge in [-0.1, -0.05) is 0 Å². The number of carbonyl (C=O) groups is 2. The van der Waals surface area contributed by atoms with Gasteiger partial charge in [-0.05, 0) is 31.5 Å². The van der Waals surface area contributed by atoms with Gasteiger partial charge in [0.05, 0.1) is 25.5 Å². The molecule has 0 aliphatic heterocycles. The van der Waals surface area contributed by atoms with Crippen LogP contribution in [0.25, 0.3) is 0 Å². The Morgan fingerprint density at radius 1 is 1.45 bits per heavy atom. The molecule has 0 saturated carbocycles. The highest BCUT2D eigenvalue weighted by Gasteiger charge is 2.23. The number of esters is 1. The maximum absolute atomic E-state index is 12.2. The number of ether oxygens (including phenoxy) is 1. The number of aliphatic hydroxyl groups is 1. The lowest BCUT2D eigenvalue weighted by atomic mass is 10.1. The van der Waals surface area contributed by atoms with Crippen LogP contribution in [0.4, 0.5) is 0 Å². The van der Waals surface area contributed by atoms with Crippen molar-refractivity contribution in [3.63, 3.8) is 0 Å². The molecule has 118 valence electrons. The van der Waals surface area contributed by atoms with Crippen LogP contribution in [0, 0.1) is 13.8 Å². The van der Waals surface area contributed by atoms with Gasteiger partial charge in [0.15, 0.2) is 0 Å². The lowest BCUT2D eigenvalue weighted by molar-refractivity contribution is 0.0599. The highest BCUT2D eigenvalue weighted by molar-refractivity contribution is 6.00. The van der Waals surface area contributed by atoms with Gasteiger partial charge in [-0.2, -0.15) is 0 Å². The van der Waals surface area contributed by atoms with Gasteiger partial charge < -0.3 is 24.6 Å². The van der Waals surface area contributed by atoms with Gasteiger partial charge in [0.25, 0.3) is 5.91 Å². The molecular weight excluding hydrogens is 288 g/mol. The van der Waals surface area contributed by atoms with E-state index < -0.39 is 18.0 Å². The summed E-state index contributed by atoms with van der Waals surface area (Å²) in [6, 6.07) is 3.28. The molecule has 1 atom stereocenters. The Kier molecular flexibility index (Phi) is 4.67. The van der Waals surface area contributed by atoms with Gasteiger partial charge in [-0.25, -0.2) is 4.79 Å². The number of amides is 1. The number of aromatic nitrogens is 1. The molecule has 3 N–H and O–H groups in total. The summed E-state index contributed by atoms with van der Waals surface area (Å²) < 4.78 is 9.75. The molecule has 2 aromatic rings. The minimum absolute atomic E-state index is 0.00257. The largest absolute Gasteiger partial charge is 0.467 e. The molecule has 1 amide bonds. The summed E-state index contributed by atoms with van der Waals surface area (Å²) in [7, 11) is 1.29. The van der Waals surface area contributed by atoms with E-state index in [-0.39, 0.29) is 12.2 Å². The highest BCUT2D eigenvalue weighted by Crippen LogP contribution is 2.19. The van der Waals surface area contributed by atoms with E-state index in [9.17, 15) is 14.7 Å². The Labute approximate surface area is 127 Å². The number of nitrogens with one attached hydrogen (secondary N) is 2. The summed E-state index contributed by atoms with van der Waals surface area (Å²) in [4.78, 5) is 26.7. The van der Waals surface area contributed by atoms with Gasteiger partial charge in [-0.15, -0.1) is 0 Å². The number of furan rings is 1. The van der Waals surface area contributed by atoms with E-state index in [4.69, 9.17) is 9.15 Å². The molecule has 0 aromatic carbocycles. The lowest BCUT2D eigenvalue weighted by Crippen LogP contribution is -2.29. The monoisotopic (exact) mass is 306 g/mol. The fraction of sp³-hybridized carbons (Fsp3) is 0.333. The van der Waals surface area contributed by atoms with E-state index in [1.54, 1.807) is 26.0 Å². The van der Waals surface area contributed by atoms with Crippen LogP contribution in [0.2, 0.25) is 0 Å². The first-order valence-electron chi connectivity index (χ1n) is 6.72. The molecule has 2 aromatic heterocycles. The maximum Gasteiger partial charge on any atom is 0.339 e. The first-order chi connectivity index (χ1) is 10.5. The molecule has 0 bridgehead atoms. The first kappa shape index (κ1) is 15.8. The van der Waals surface area contributed by atoms with E-state index in [2.05, 4.69) is 10.3 Å². The van der Waals surface area contributed by atoms with Gasteiger partial charge in [0.2, 0.25) is 0 Å².